The zero-order valence-corrected chi connectivity index (χ0v) is 28.7. The molecule has 0 aromatic carbocycles. The SMILES string of the molecule is CCCCOCC1O[C@H](CP(=O)(OCC)OCC)C(O[Si](C)(C)C(C)(C)C)[C@@H](OCCCC)[C@@H]1OCCCC. The molecule has 0 bridgehead atoms. The van der Waals surface area contributed by atoms with Crippen molar-refractivity contribution in [2.75, 3.05) is 45.8 Å². The summed E-state index contributed by atoms with van der Waals surface area (Å²) in [7, 11) is -5.70. The van der Waals surface area contributed by atoms with Crippen LogP contribution in [0.2, 0.25) is 18.1 Å². The normalized spacial score (nSPS) is 24.8. The summed E-state index contributed by atoms with van der Waals surface area (Å²) in [6.07, 6.45) is 3.90. The van der Waals surface area contributed by atoms with Crippen molar-refractivity contribution in [1.82, 2.24) is 0 Å². The molecule has 0 N–H and O–H groups in total. The highest BCUT2D eigenvalue weighted by atomic mass is 31.2. The molecule has 0 radical (unpaired) electrons. The maximum atomic E-state index is 13.8. The van der Waals surface area contributed by atoms with E-state index in [4.69, 9.17) is 32.4 Å². The second-order valence-corrected chi connectivity index (χ2v) is 18.9. The Kier molecular flexibility index (Phi) is 17.8. The highest BCUT2D eigenvalue weighted by Gasteiger charge is 2.53. The van der Waals surface area contributed by atoms with Crippen LogP contribution in [-0.2, 0) is 37.0 Å². The maximum absolute atomic E-state index is 13.8. The van der Waals surface area contributed by atoms with E-state index < -0.39 is 34.2 Å². The number of hydrogen-bond donors (Lipinski definition) is 0. The lowest BCUT2D eigenvalue weighted by Gasteiger charge is -2.50. The van der Waals surface area contributed by atoms with E-state index in [0.29, 0.717) is 39.6 Å². The van der Waals surface area contributed by atoms with Gasteiger partial charge in [0.05, 0.1) is 32.1 Å². The molecule has 39 heavy (non-hydrogen) atoms. The smallest absolute Gasteiger partial charge is 0.333 e. The Labute approximate surface area is 241 Å². The molecule has 1 saturated heterocycles. The first-order valence-electron chi connectivity index (χ1n) is 15.4. The molecule has 8 nitrogen and oxygen atoms in total. The number of rotatable bonds is 21. The largest absolute Gasteiger partial charge is 0.408 e. The first-order valence-corrected chi connectivity index (χ1v) is 20.1. The van der Waals surface area contributed by atoms with Gasteiger partial charge < -0.3 is 32.4 Å². The van der Waals surface area contributed by atoms with Gasteiger partial charge in [-0.05, 0) is 51.2 Å². The zero-order chi connectivity index (χ0) is 29.5. The molecule has 0 aliphatic carbocycles. The van der Waals surface area contributed by atoms with Gasteiger partial charge in [-0.2, -0.15) is 0 Å². The Balaban J connectivity index is 3.53. The van der Waals surface area contributed by atoms with Crippen molar-refractivity contribution in [3.05, 3.63) is 0 Å². The third-order valence-electron chi connectivity index (χ3n) is 7.56. The van der Waals surface area contributed by atoms with Gasteiger partial charge in [-0.25, -0.2) is 0 Å². The molecule has 10 heteroatoms. The molecular weight excluding hydrogens is 535 g/mol. The summed E-state index contributed by atoms with van der Waals surface area (Å²) in [5, 5.41) is -0.0340. The summed E-state index contributed by atoms with van der Waals surface area (Å²) in [6, 6.07) is 0. The van der Waals surface area contributed by atoms with E-state index in [1.54, 1.807) is 0 Å². The van der Waals surface area contributed by atoms with Crippen LogP contribution in [0.1, 0.15) is 93.9 Å². The Morgan fingerprint density at radius 2 is 1.26 bits per heavy atom. The molecular formula is C29H61O8PSi. The van der Waals surface area contributed by atoms with Crippen LogP contribution in [0.25, 0.3) is 0 Å². The minimum atomic E-state index is -3.43. The molecule has 234 valence electrons. The van der Waals surface area contributed by atoms with Crippen molar-refractivity contribution in [3.8, 4) is 0 Å². The third kappa shape index (κ3) is 12.5. The van der Waals surface area contributed by atoms with Gasteiger partial charge in [0.25, 0.3) is 0 Å². The molecule has 1 heterocycles. The van der Waals surface area contributed by atoms with Crippen LogP contribution in [0.3, 0.4) is 0 Å². The van der Waals surface area contributed by atoms with Crippen molar-refractivity contribution in [2.45, 2.75) is 143 Å². The highest BCUT2D eigenvalue weighted by Crippen LogP contribution is 2.51. The van der Waals surface area contributed by atoms with Crippen LogP contribution in [0, 0.1) is 0 Å². The van der Waals surface area contributed by atoms with Gasteiger partial charge in [-0.3, -0.25) is 4.57 Å². The predicted octanol–water partition coefficient (Wildman–Crippen LogP) is 7.60. The van der Waals surface area contributed by atoms with Gasteiger partial charge in [0, 0.05) is 19.8 Å². The van der Waals surface area contributed by atoms with Crippen molar-refractivity contribution in [2.24, 2.45) is 0 Å². The average Bonchev–Trinajstić information content (AvgIpc) is 2.84. The van der Waals surface area contributed by atoms with Gasteiger partial charge in [0.1, 0.15) is 24.4 Å². The summed E-state index contributed by atoms with van der Waals surface area (Å²) < 4.78 is 58.2. The maximum Gasteiger partial charge on any atom is 0.333 e. The standard InChI is InChI=1S/C29H61O8PSi/c1-11-16-19-31-22-24-26(32-20-17-12-2)28(33-21-18-13-3)27(37-39(9,10)29(6,7)8)25(36-24)23-38(30,34-14-4)35-15-5/h24-28H,11-23H2,1-10H3/t24?,25-,26-,27?,28+/m1/s1. The van der Waals surface area contributed by atoms with E-state index in [1.165, 1.54) is 0 Å². The van der Waals surface area contributed by atoms with Crippen LogP contribution < -0.4 is 0 Å². The first-order chi connectivity index (χ1) is 18.4. The summed E-state index contributed by atoms with van der Waals surface area (Å²) in [6.45, 7) is 24.0. The Morgan fingerprint density at radius 3 is 1.74 bits per heavy atom. The third-order valence-corrected chi connectivity index (χ3v) is 14.1. The number of unbranched alkanes of at least 4 members (excludes halogenated alkanes) is 3. The van der Waals surface area contributed by atoms with Gasteiger partial charge >= 0.3 is 7.60 Å². The van der Waals surface area contributed by atoms with Crippen LogP contribution in [-0.4, -0.2) is 84.6 Å². The molecule has 0 aromatic heterocycles. The number of ether oxygens (including phenoxy) is 4. The number of hydrogen-bond acceptors (Lipinski definition) is 8. The lowest BCUT2D eigenvalue weighted by Crippen LogP contribution is -2.64. The van der Waals surface area contributed by atoms with Crippen LogP contribution in [0.5, 0.6) is 0 Å². The van der Waals surface area contributed by atoms with E-state index in [0.717, 1.165) is 38.5 Å². The molecule has 0 spiro atoms. The Hall–Kier alpha value is 0.167. The second kappa shape index (κ2) is 18.7. The molecule has 1 aliphatic rings. The minimum Gasteiger partial charge on any atom is -0.408 e. The summed E-state index contributed by atoms with van der Waals surface area (Å²) in [5.74, 6) is 0. The molecule has 0 saturated carbocycles. The topological polar surface area (TPSA) is 81.7 Å². The van der Waals surface area contributed by atoms with Crippen LogP contribution in [0.15, 0.2) is 0 Å². The second-order valence-electron chi connectivity index (χ2n) is 12.0. The van der Waals surface area contributed by atoms with Crippen molar-refractivity contribution in [3.63, 3.8) is 0 Å². The van der Waals surface area contributed by atoms with E-state index in [9.17, 15) is 4.57 Å². The zero-order valence-electron chi connectivity index (χ0n) is 26.8. The van der Waals surface area contributed by atoms with Crippen molar-refractivity contribution < 1.29 is 37.0 Å². The Bertz CT molecular complexity index is 677. The average molecular weight is 597 g/mol. The summed E-state index contributed by atoms with van der Waals surface area (Å²) >= 11 is 0. The van der Waals surface area contributed by atoms with E-state index in [1.807, 2.05) is 13.8 Å². The fourth-order valence-electron chi connectivity index (χ4n) is 4.25. The molecule has 0 aromatic rings. The van der Waals surface area contributed by atoms with Gasteiger partial charge in [0.2, 0.25) is 0 Å². The van der Waals surface area contributed by atoms with Crippen LogP contribution in [0.4, 0.5) is 0 Å². The van der Waals surface area contributed by atoms with E-state index in [-0.39, 0.29) is 23.4 Å². The van der Waals surface area contributed by atoms with E-state index >= 15 is 0 Å². The van der Waals surface area contributed by atoms with Gasteiger partial charge in [-0.15, -0.1) is 0 Å². The molecule has 1 fully saturated rings. The molecule has 1 aliphatic heterocycles. The Morgan fingerprint density at radius 1 is 0.744 bits per heavy atom. The molecule has 0 amide bonds. The highest BCUT2D eigenvalue weighted by molar-refractivity contribution is 7.53. The minimum absolute atomic E-state index is 0.0340. The fourth-order valence-corrected chi connectivity index (χ4v) is 7.38. The predicted molar refractivity (Wildman–Crippen MR) is 161 cm³/mol. The monoisotopic (exact) mass is 596 g/mol. The quantitative estimate of drug-likeness (QED) is 0.0761. The van der Waals surface area contributed by atoms with Crippen molar-refractivity contribution in [1.29, 1.82) is 0 Å². The molecule has 1 rings (SSSR count). The van der Waals surface area contributed by atoms with Gasteiger partial charge in [0.15, 0.2) is 8.32 Å². The first kappa shape index (κ1) is 37.2. The molecule has 5 atom stereocenters. The summed E-state index contributed by atoms with van der Waals surface area (Å²) in [5.41, 5.74) is 0. The van der Waals surface area contributed by atoms with Gasteiger partial charge in [-0.1, -0.05) is 60.8 Å². The summed E-state index contributed by atoms with van der Waals surface area (Å²) in [4.78, 5) is 0. The molecule has 2 unspecified atom stereocenters. The van der Waals surface area contributed by atoms with Crippen LogP contribution >= 0.6 is 7.60 Å². The fraction of sp³-hybridized carbons (Fsp3) is 1.00. The van der Waals surface area contributed by atoms with Crippen molar-refractivity contribution >= 4 is 15.9 Å². The lowest BCUT2D eigenvalue weighted by atomic mass is 9.95. The van der Waals surface area contributed by atoms with E-state index in [2.05, 4.69) is 54.6 Å². The lowest BCUT2D eigenvalue weighted by molar-refractivity contribution is -0.248.